The first-order chi connectivity index (χ1) is 5.76. The molecule has 1 heteroatoms. The lowest BCUT2D eigenvalue weighted by Gasteiger charge is -2.08. The molecule has 0 aromatic carbocycles. The van der Waals surface area contributed by atoms with E-state index in [1.165, 1.54) is 0 Å². The van der Waals surface area contributed by atoms with Crippen molar-refractivity contribution in [1.82, 2.24) is 0 Å². The highest BCUT2D eigenvalue weighted by Crippen LogP contribution is 2.15. The van der Waals surface area contributed by atoms with Crippen LogP contribution in [0.2, 0.25) is 0 Å². The van der Waals surface area contributed by atoms with Crippen LogP contribution < -0.4 is 0 Å². The Kier molecular flexibility index (Phi) is 6.73. The van der Waals surface area contributed by atoms with Crippen LogP contribution in [-0.4, -0.2) is 6.29 Å². The lowest BCUT2D eigenvalue weighted by atomic mass is 9.96. The Labute approximate surface area is 75.9 Å². The summed E-state index contributed by atoms with van der Waals surface area (Å²) in [5.74, 6) is 0.444. The lowest BCUT2D eigenvalue weighted by Crippen LogP contribution is -2.00. The van der Waals surface area contributed by atoms with Gasteiger partial charge in [-0.2, -0.15) is 0 Å². The molecule has 0 rings (SSSR count). The third kappa shape index (κ3) is 4.32. The van der Waals surface area contributed by atoms with E-state index >= 15 is 0 Å². The van der Waals surface area contributed by atoms with Crippen LogP contribution >= 0.6 is 0 Å². The van der Waals surface area contributed by atoms with Crippen molar-refractivity contribution in [2.45, 2.75) is 46.5 Å². The fourth-order valence-electron chi connectivity index (χ4n) is 1.28. The SMILES string of the molecule is CCC/C=C(\C=O)C(C)CCC. The number of carbonyl (C=O) groups is 1. The molecule has 0 radical (unpaired) electrons. The molecule has 0 bridgehead atoms. The molecular formula is C11H20O. The molecule has 0 spiro atoms. The van der Waals surface area contributed by atoms with Gasteiger partial charge in [0.05, 0.1) is 0 Å². The van der Waals surface area contributed by atoms with Gasteiger partial charge >= 0.3 is 0 Å². The molecule has 0 aliphatic carbocycles. The van der Waals surface area contributed by atoms with E-state index < -0.39 is 0 Å². The first-order valence-corrected chi connectivity index (χ1v) is 4.91. The molecule has 1 atom stereocenters. The van der Waals surface area contributed by atoms with E-state index in [4.69, 9.17) is 0 Å². The van der Waals surface area contributed by atoms with Crippen molar-refractivity contribution in [3.63, 3.8) is 0 Å². The van der Waals surface area contributed by atoms with Gasteiger partial charge in [-0.1, -0.05) is 39.7 Å². The van der Waals surface area contributed by atoms with Crippen LogP contribution in [0.25, 0.3) is 0 Å². The minimum atomic E-state index is 0.444. The molecule has 12 heavy (non-hydrogen) atoms. The van der Waals surface area contributed by atoms with Crippen molar-refractivity contribution in [2.24, 2.45) is 5.92 Å². The van der Waals surface area contributed by atoms with Crippen LogP contribution in [0.4, 0.5) is 0 Å². The summed E-state index contributed by atoms with van der Waals surface area (Å²) in [7, 11) is 0. The highest BCUT2D eigenvalue weighted by molar-refractivity contribution is 5.73. The van der Waals surface area contributed by atoms with Crippen molar-refractivity contribution in [3.8, 4) is 0 Å². The maximum atomic E-state index is 10.7. The van der Waals surface area contributed by atoms with Gasteiger partial charge in [0.1, 0.15) is 6.29 Å². The standard InChI is InChI=1S/C11H20O/c1-4-6-8-11(9-12)10(3)7-5-2/h8-10H,4-7H2,1-3H3/b11-8+. The van der Waals surface area contributed by atoms with Gasteiger partial charge < -0.3 is 0 Å². The molecule has 0 aromatic rings. The molecule has 0 aromatic heterocycles. The topological polar surface area (TPSA) is 17.1 Å². The molecule has 1 unspecified atom stereocenters. The molecule has 1 nitrogen and oxygen atoms in total. The summed E-state index contributed by atoms with van der Waals surface area (Å²) < 4.78 is 0. The van der Waals surface area contributed by atoms with Gasteiger partial charge in [-0.05, 0) is 24.3 Å². The predicted molar refractivity (Wildman–Crippen MR) is 53.1 cm³/mol. The summed E-state index contributed by atoms with van der Waals surface area (Å²) in [6.07, 6.45) is 7.51. The number of unbranched alkanes of at least 4 members (excludes halogenated alkanes) is 1. The Bertz CT molecular complexity index is 147. The van der Waals surface area contributed by atoms with E-state index in [1.54, 1.807) is 0 Å². The van der Waals surface area contributed by atoms with Gasteiger partial charge in [-0.3, -0.25) is 4.79 Å². The Morgan fingerprint density at radius 2 is 2.00 bits per heavy atom. The zero-order valence-electron chi connectivity index (χ0n) is 8.47. The normalized spacial score (nSPS) is 14.4. The summed E-state index contributed by atoms with van der Waals surface area (Å²) >= 11 is 0. The fraction of sp³-hybridized carbons (Fsp3) is 0.727. The third-order valence-corrected chi connectivity index (χ3v) is 2.10. The van der Waals surface area contributed by atoms with Crippen LogP contribution in [0.1, 0.15) is 46.5 Å². The van der Waals surface area contributed by atoms with Crippen LogP contribution in [0, 0.1) is 5.92 Å². The second-order valence-corrected chi connectivity index (χ2v) is 3.30. The van der Waals surface area contributed by atoms with Gasteiger partial charge in [0.25, 0.3) is 0 Å². The number of allylic oxidation sites excluding steroid dienone is 2. The Hall–Kier alpha value is -0.590. The second-order valence-electron chi connectivity index (χ2n) is 3.30. The Balaban J connectivity index is 4.03. The van der Waals surface area contributed by atoms with Gasteiger partial charge in [0, 0.05) is 0 Å². The van der Waals surface area contributed by atoms with Gasteiger partial charge in [-0.25, -0.2) is 0 Å². The summed E-state index contributed by atoms with van der Waals surface area (Å²) in [4.78, 5) is 10.7. The molecule has 70 valence electrons. The average Bonchev–Trinajstić information content (AvgIpc) is 2.06. The van der Waals surface area contributed by atoms with Crippen LogP contribution in [0.5, 0.6) is 0 Å². The smallest absolute Gasteiger partial charge is 0.145 e. The largest absolute Gasteiger partial charge is 0.298 e. The average molecular weight is 168 g/mol. The van der Waals surface area contributed by atoms with Crippen molar-refractivity contribution in [1.29, 1.82) is 0 Å². The highest BCUT2D eigenvalue weighted by atomic mass is 16.1. The van der Waals surface area contributed by atoms with Crippen molar-refractivity contribution in [2.75, 3.05) is 0 Å². The number of carbonyl (C=O) groups excluding carboxylic acids is 1. The second kappa shape index (κ2) is 7.08. The molecule has 0 amide bonds. The molecule has 0 saturated carbocycles. The quantitative estimate of drug-likeness (QED) is 0.439. The van der Waals surface area contributed by atoms with Gasteiger partial charge in [-0.15, -0.1) is 0 Å². The highest BCUT2D eigenvalue weighted by Gasteiger charge is 2.05. The van der Waals surface area contributed by atoms with E-state index in [-0.39, 0.29) is 0 Å². The predicted octanol–water partition coefficient (Wildman–Crippen LogP) is 3.35. The monoisotopic (exact) mass is 168 g/mol. The first kappa shape index (κ1) is 11.4. The number of aldehydes is 1. The summed E-state index contributed by atoms with van der Waals surface area (Å²) in [5, 5.41) is 0. The zero-order chi connectivity index (χ0) is 9.40. The summed E-state index contributed by atoms with van der Waals surface area (Å²) in [6, 6.07) is 0. The fourth-order valence-corrected chi connectivity index (χ4v) is 1.28. The molecule has 0 N–H and O–H groups in total. The Morgan fingerprint density at radius 1 is 1.33 bits per heavy atom. The number of hydrogen-bond donors (Lipinski definition) is 0. The van der Waals surface area contributed by atoms with E-state index in [9.17, 15) is 4.79 Å². The molecular weight excluding hydrogens is 148 g/mol. The van der Waals surface area contributed by atoms with E-state index in [1.807, 2.05) is 0 Å². The maximum absolute atomic E-state index is 10.7. The minimum absolute atomic E-state index is 0.444. The van der Waals surface area contributed by atoms with E-state index in [0.717, 1.165) is 37.5 Å². The molecule has 0 saturated heterocycles. The number of rotatable bonds is 6. The molecule has 0 aliphatic rings. The minimum Gasteiger partial charge on any atom is -0.298 e. The maximum Gasteiger partial charge on any atom is 0.145 e. The first-order valence-electron chi connectivity index (χ1n) is 4.91. The summed E-state index contributed by atoms with van der Waals surface area (Å²) in [5.41, 5.74) is 0.985. The third-order valence-electron chi connectivity index (χ3n) is 2.10. The lowest BCUT2D eigenvalue weighted by molar-refractivity contribution is -0.105. The molecule has 0 aliphatic heterocycles. The van der Waals surface area contributed by atoms with Crippen LogP contribution in [-0.2, 0) is 4.79 Å². The van der Waals surface area contributed by atoms with Crippen LogP contribution in [0.15, 0.2) is 11.6 Å². The molecule has 0 heterocycles. The van der Waals surface area contributed by atoms with Crippen LogP contribution in [0.3, 0.4) is 0 Å². The summed E-state index contributed by atoms with van der Waals surface area (Å²) in [6.45, 7) is 6.40. The van der Waals surface area contributed by atoms with Crippen molar-refractivity contribution >= 4 is 6.29 Å². The van der Waals surface area contributed by atoms with E-state index in [0.29, 0.717) is 5.92 Å². The zero-order valence-corrected chi connectivity index (χ0v) is 8.47. The molecule has 0 fully saturated rings. The van der Waals surface area contributed by atoms with Gasteiger partial charge in [0.2, 0.25) is 0 Å². The van der Waals surface area contributed by atoms with Crippen molar-refractivity contribution < 1.29 is 4.79 Å². The van der Waals surface area contributed by atoms with Crippen molar-refractivity contribution in [3.05, 3.63) is 11.6 Å². The number of hydrogen-bond acceptors (Lipinski definition) is 1. The van der Waals surface area contributed by atoms with Gasteiger partial charge in [0.15, 0.2) is 0 Å². The van der Waals surface area contributed by atoms with E-state index in [2.05, 4.69) is 26.8 Å². The Morgan fingerprint density at radius 3 is 2.42 bits per heavy atom.